The van der Waals surface area contributed by atoms with Gasteiger partial charge in [0.15, 0.2) is 0 Å². The number of hydrogen-bond acceptors (Lipinski definition) is 4. The molecule has 2 amide bonds. The Labute approximate surface area is 151 Å². The average molecular weight is 355 g/mol. The topological polar surface area (TPSA) is 76.3 Å². The van der Waals surface area contributed by atoms with E-state index >= 15 is 0 Å². The van der Waals surface area contributed by atoms with E-state index < -0.39 is 5.91 Å². The molecule has 0 saturated carbocycles. The number of pyridine rings is 1. The van der Waals surface area contributed by atoms with Gasteiger partial charge in [0.1, 0.15) is 5.03 Å². The van der Waals surface area contributed by atoms with Gasteiger partial charge in [-0.05, 0) is 42.2 Å². The molecule has 1 aromatic heterocycles. The van der Waals surface area contributed by atoms with Gasteiger partial charge in [0, 0.05) is 30.6 Å². The van der Waals surface area contributed by atoms with Crippen LogP contribution in [-0.4, -0.2) is 34.8 Å². The number of nitrogens with two attached hydrogens (primary N) is 1. The van der Waals surface area contributed by atoms with Crippen LogP contribution in [0.25, 0.3) is 0 Å². The van der Waals surface area contributed by atoms with E-state index in [0.29, 0.717) is 22.8 Å². The third kappa shape index (κ3) is 4.20. The molecule has 1 atom stereocenters. The minimum Gasteiger partial charge on any atom is -0.366 e. The SMILES string of the molecule is CC1CCN(C(=O)c2cccnc2SCc2ccc(C(N)=O)cc2)C1. The molecule has 2 heterocycles. The number of benzene rings is 1. The van der Waals surface area contributed by atoms with Gasteiger partial charge < -0.3 is 10.6 Å². The molecule has 1 aliphatic rings. The Morgan fingerprint density at radius 3 is 2.68 bits per heavy atom. The number of hydrogen-bond donors (Lipinski definition) is 1. The van der Waals surface area contributed by atoms with Crippen molar-refractivity contribution in [2.45, 2.75) is 24.1 Å². The van der Waals surface area contributed by atoms with E-state index in [-0.39, 0.29) is 5.91 Å². The van der Waals surface area contributed by atoms with Gasteiger partial charge in [-0.2, -0.15) is 0 Å². The molecule has 2 aromatic rings. The lowest BCUT2D eigenvalue weighted by Gasteiger charge is -2.17. The number of carbonyl (C=O) groups excluding carboxylic acids is 2. The van der Waals surface area contributed by atoms with Crippen molar-refractivity contribution in [2.75, 3.05) is 13.1 Å². The molecule has 1 aromatic carbocycles. The fourth-order valence-electron chi connectivity index (χ4n) is 2.88. The molecule has 25 heavy (non-hydrogen) atoms. The Balaban J connectivity index is 1.70. The highest BCUT2D eigenvalue weighted by Crippen LogP contribution is 2.27. The lowest BCUT2D eigenvalue weighted by atomic mass is 10.1. The van der Waals surface area contributed by atoms with Crippen LogP contribution < -0.4 is 5.73 Å². The average Bonchev–Trinajstić information content (AvgIpc) is 3.06. The second-order valence-corrected chi connectivity index (χ2v) is 7.32. The van der Waals surface area contributed by atoms with E-state index in [2.05, 4.69) is 11.9 Å². The number of rotatable bonds is 5. The lowest BCUT2D eigenvalue weighted by molar-refractivity contribution is 0.0783. The summed E-state index contributed by atoms with van der Waals surface area (Å²) >= 11 is 1.53. The lowest BCUT2D eigenvalue weighted by Crippen LogP contribution is -2.29. The molecule has 0 radical (unpaired) electrons. The monoisotopic (exact) mass is 355 g/mol. The molecule has 3 rings (SSSR count). The highest BCUT2D eigenvalue weighted by Gasteiger charge is 2.26. The molecule has 2 N–H and O–H groups in total. The van der Waals surface area contributed by atoms with Gasteiger partial charge in [-0.1, -0.05) is 19.1 Å². The minimum absolute atomic E-state index is 0.0593. The van der Waals surface area contributed by atoms with Gasteiger partial charge in [0.25, 0.3) is 5.91 Å². The third-order valence-electron chi connectivity index (χ3n) is 4.33. The first-order valence-corrected chi connectivity index (χ1v) is 9.29. The highest BCUT2D eigenvalue weighted by atomic mass is 32.2. The molecule has 1 fully saturated rings. The molecular formula is C19H21N3O2S. The maximum absolute atomic E-state index is 12.8. The quantitative estimate of drug-likeness (QED) is 0.837. The first-order chi connectivity index (χ1) is 12.0. The van der Waals surface area contributed by atoms with Gasteiger partial charge in [0.05, 0.1) is 5.56 Å². The highest BCUT2D eigenvalue weighted by molar-refractivity contribution is 7.98. The fourth-order valence-corrected chi connectivity index (χ4v) is 3.82. The summed E-state index contributed by atoms with van der Waals surface area (Å²) in [5, 5.41) is 0.742. The normalized spacial score (nSPS) is 16.8. The summed E-state index contributed by atoms with van der Waals surface area (Å²) in [6.45, 7) is 3.79. The molecule has 0 spiro atoms. The van der Waals surface area contributed by atoms with Gasteiger partial charge in [-0.25, -0.2) is 4.98 Å². The van der Waals surface area contributed by atoms with Crippen LogP contribution in [0.5, 0.6) is 0 Å². The number of thioether (sulfide) groups is 1. The van der Waals surface area contributed by atoms with Crippen LogP contribution >= 0.6 is 11.8 Å². The first kappa shape index (κ1) is 17.5. The van der Waals surface area contributed by atoms with E-state index in [1.165, 1.54) is 11.8 Å². The van der Waals surface area contributed by atoms with Gasteiger partial charge >= 0.3 is 0 Å². The Hall–Kier alpha value is -2.34. The predicted octanol–water partition coefficient (Wildman–Crippen LogP) is 2.95. The van der Waals surface area contributed by atoms with Crippen LogP contribution in [0.15, 0.2) is 47.6 Å². The van der Waals surface area contributed by atoms with Crippen molar-refractivity contribution >= 4 is 23.6 Å². The van der Waals surface area contributed by atoms with Crippen LogP contribution in [0.3, 0.4) is 0 Å². The fraction of sp³-hybridized carbons (Fsp3) is 0.316. The summed E-state index contributed by atoms with van der Waals surface area (Å²) in [5.74, 6) is 0.855. The number of nitrogens with zero attached hydrogens (tertiary/aromatic N) is 2. The molecular weight excluding hydrogens is 334 g/mol. The van der Waals surface area contributed by atoms with Crippen molar-refractivity contribution in [1.29, 1.82) is 0 Å². The van der Waals surface area contributed by atoms with E-state index in [1.807, 2.05) is 23.1 Å². The second-order valence-electron chi connectivity index (χ2n) is 6.35. The standard InChI is InChI=1S/C19H21N3O2S/c1-13-8-10-22(11-13)19(24)16-3-2-9-21-18(16)25-12-14-4-6-15(7-5-14)17(20)23/h2-7,9,13H,8,10-12H2,1H3,(H2,20,23). The Morgan fingerprint density at radius 2 is 2.04 bits per heavy atom. The molecule has 0 bridgehead atoms. The van der Waals surface area contributed by atoms with Crippen LogP contribution in [0, 0.1) is 5.92 Å². The summed E-state index contributed by atoms with van der Waals surface area (Å²) in [6.07, 6.45) is 2.77. The van der Waals surface area contributed by atoms with Crippen molar-refractivity contribution in [2.24, 2.45) is 11.7 Å². The van der Waals surface area contributed by atoms with Crippen molar-refractivity contribution < 1.29 is 9.59 Å². The van der Waals surface area contributed by atoms with Crippen molar-refractivity contribution in [3.63, 3.8) is 0 Å². The largest absolute Gasteiger partial charge is 0.366 e. The molecule has 0 aliphatic carbocycles. The Bertz CT molecular complexity index is 776. The summed E-state index contributed by atoms with van der Waals surface area (Å²) in [5.41, 5.74) is 7.46. The molecule has 5 nitrogen and oxygen atoms in total. The molecule has 1 saturated heterocycles. The molecule has 6 heteroatoms. The maximum atomic E-state index is 12.8. The van der Waals surface area contributed by atoms with Crippen molar-refractivity contribution in [3.05, 3.63) is 59.3 Å². The van der Waals surface area contributed by atoms with Gasteiger partial charge in [0.2, 0.25) is 5.91 Å². The third-order valence-corrected chi connectivity index (χ3v) is 5.40. The van der Waals surface area contributed by atoms with Crippen LogP contribution in [0.2, 0.25) is 0 Å². The molecule has 1 unspecified atom stereocenters. The summed E-state index contributed by atoms with van der Waals surface area (Å²) < 4.78 is 0. The second kappa shape index (κ2) is 7.70. The van der Waals surface area contributed by atoms with Gasteiger partial charge in [-0.3, -0.25) is 9.59 Å². The smallest absolute Gasteiger partial charge is 0.256 e. The number of primary amides is 1. The van der Waals surface area contributed by atoms with Crippen LogP contribution in [0.1, 0.15) is 39.6 Å². The van der Waals surface area contributed by atoms with Crippen molar-refractivity contribution in [3.8, 4) is 0 Å². The van der Waals surface area contributed by atoms with E-state index in [0.717, 1.165) is 30.1 Å². The summed E-state index contributed by atoms with van der Waals surface area (Å²) in [6, 6.07) is 10.8. The summed E-state index contributed by atoms with van der Waals surface area (Å²) in [4.78, 5) is 30.2. The van der Waals surface area contributed by atoms with Crippen LogP contribution in [0.4, 0.5) is 0 Å². The van der Waals surface area contributed by atoms with Crippen molar-refractivity contribution in [1.82, 2.24) is 9.88 Å². The Morgan fingerprint density at radius 1 is 1.28 bits per heavy atom. The zero-order chi connectivity index (χ0) is 17.8. The summed E-state index contributed by atoms with van der Waals surface area (Å²) in [7, 11) is 0. The van der Waals surface area contributed by atoms with Crippen LogP contribution in [-0.2, 0) is 5.75 Å². The zero-order valence-corrected chi connectivity index (χ0v) is 15.0. The number of carbonyl (C=O) groups is 2. The first-order valence-electron chi connectivity index (χ1n) is 8.30. The maximum Gasteiger partial charge on any atom is 0.256 e. The minimum atomic E-state index is -0.434. The van der Waals surface area contributed by atoms with E-state index in [9.17, 15) is 9.59 Å². The number of amides is 2. The number of aromatic nitrogens is 1. The van der Waals surface area contributed by atoms with E-state index in [4.69, 9.17) is 5.73 Å². The van der Waals surface area contributed by atoms with E-state index in [1.54, 1.807) is 24.4 Å². The predicted molar refractivity (Wildman–Crippen MR) is 98.4 cm³/mol. The molecule has 130 valence electrons. The Kier molecular flexibility index (Phi) is 5.38. The zero-order valence-electron chi connectivity index (χ0n) is 14.1. The molecule has 1 aliphatic heterocycles. The number of likely N-dealkylation sites (tertiary alicyclic amines) is 1. The van der Waals surface area contributed by atoms with Gasteiger partial charge in [-0.15, -0.1) is 11.8 Å².